The van der Waals surface area contributed by atoms with Gasteiger partial charge in [0.05, 0.1) is 28.1 Å². The molecule has 2 heterocycles. The fourth-order valence-corrected chi connectivity index (χ4v) is 2.67. The van der Waals surface area contributed by atoms with Crippen LogP contribution in [0.2, 0.25) is 5.02 Å². The third-order valence-corrected chi connectivity index (χ3v) is 4.06. The fourth-order valence-electron chi connectivity index (χ4n) is 2.48. The molecule has 0 bridgehead atoms. The van der Waals surface area contributed by atoms with E-state index < -0.39 is 0 Å². The Morgan fingerprint density at radius 3 is 2.84 bits per heavy atom. The molecule has 0 radical (unpaired) electrons. The molecule has 0 aliphatic rings. The van der Waals surface area contributed by atoms with Crippen molar-refractivity contribution in [3.8, 4) is 0 Å². The molecule has 2 aromatic heterocycles. The molecule has 0 unspecified atom stereocenters. The second-order valence-electron chi connectivity index (χ2n) is 5.40. The fraction of sp³-hybridized carbons (Fsp3) is 0. The number of amides is 1. The number of para-hydroxylation sites is 1. The largest absolute Gasteiger partial charge is 0.472 e. The van der Waals surface area contributed by atoms with E-state index >= 15 is 0 Å². The third-order valence-electron chi connectivity index (χ3n) is 3.73. The Kier molecular flexibility index (Phi) is 3.87. The standard InChI is InChI=1S/C18H13ClN4O2/c19-14-3-1-2-4-15(14)20-12-5-6-13-16(9-12)22-23-17(13)21-18(24)11-7-8-25-10-11/h1-10,20H,(H2,21,22,23,24). The molecule has 6 nitrogen and oxygen atoms in total. The quantitative estimate of drug-likeness (QED) is 0.492. The maximum Gasteiger partial charge on any atom is 0.260 e. The van der Waals surface area contributed by atoms with Crippen LogP contribution in [0.4, 0.5) is 17.2 Å². The van der Waals surface area contributed by atoms with Crippen molar-refractivity contribution in [1.29, 1.82) is 0 Å². The second-order valence-corrected chi connectivity index (χ2v) is 5.81. The number of halogens is 1. The average Bonchev–Trinajstić information content (AvgIpc) is 3.27. The minimum Gasteiger partial charge on any atom is -0.472 e. The Bertz CT molecular complexity index is 1040. The number of benzene rings is 2. The molecule has 1 amide bonds. The SMILES string of the molecule is O=C(Nc1n[nH]c2cc(Nc3ccccc3Cl)ccc12)c1ccoc1. The smallest absolute Gasteiger partial charge is 0.260 e. The number of rotatable bonds is 4. The monoisotopic (exact) mass is 352 g/mol. The molecule has 7 heteroatoms. The number of carbonyl (C=O) groups is 1. The molecule has 25 heavy (non-hydrogen) atoms. The number of carbonyl (C=O) groups excluding carboxylic acids is 1. The summed E-state index contributed by atoms with van der Waals surface area (Å²) in [7, 11) is 0. The van der Waals surface area contributed by atoms with Gasteiger partial charge in [-0.25, -0.2) is 0 Å². The summed E-state index contributed by atoms with van der Waals surface area (Å²) >= 11 is 6.16. The number of hydrogen-bond acceptors (Lipinski definition) is 4. The lowest BCUT2D eigenvalue weighted by atomic mass is 10.2. The highest BCUT2D eigenvalue weighted by Gasteiger charge is 2.12. The topological polar surface area (TPSA) is 83.0 Å². The van der Waals surface area contributed by atoms with Crippen LogP contribution < -0.4 is 10.6 Å². The zero-order chi connectivity index (χ0) is 17.2. The lowest BCUT2D eigenvalue weighted by Gasteiger charge is -2.08. The van der Waals surface area contributed by atoms with Gasteiger partial charge >= 0.3 is 0 Å². The van der Waals surface area contributed by atoms with E-state index in [0.717, 1.165) is 22.3 Å². The van der Waals surface area contributed by atoms with Crippen LogP contribution in [0.5, 0.6) is 0 Å². The number of fused-ring (bicyclic) bond motifs is 1. The highest BCUT2D eigenvalue weighted by atomic mass is 35.5. The number of nitrogens with one attached hydrogen (secondary N) is 3. The van der Waals surface area contributed by atoms with E-state index in [1.807, 2.05) is 42.5 Å². The molecule has 124 valence electrons. The molecule has 4 aromatic rings. The van der Waals surface area contributed by atoms with Gasteiger partial charge in [-0.05, 0) is 36.4 Å². The van der Waals surface area contributed by atoms with Crippen molar-refractivity contribution in [2.24, 2.45) is 0 Å². The summed E-state index contributed by atoms with van der Waals surface area (Å²) in [5.41, 5.74) is 2.90. The van der Waals surface area contributed by atoms with Gasteiger partial charge < -0.3 is 15.1 Å². The minimum absolute atomic E-state index is 0.277. The van der Waals surface area contributed by atoms with E-state index in [0.29, 0.717) is 16.4 Å². The van der Waals surface area contributed by atoms with Crippen molar-refractivity contribution >= 4 is 45.6 Å². The minimum atomic E-state index is -0.277. The molecular formula is C18H13ClN4O2. The first-order valence-corrected chi connectivity index (χ1v) is 7.92. The lowest BCUT2D eigenvalue weighted by molar-refractivity contribution is 0.102. The van der Waals surface area contributed by atoms with Gasteiger partial charge in [0.15, 0.2) is 5.82 Å². The number of anilines is 3. The molecule has 4 rings (SSSR count). The van der Waals surface area contributed by atoms with Gasteiger partial charge in [0.25, 0.3) is 5.91 Å². The second kappa shape index (κ2) is 6.33. The molecule has 3 N–H and O–H groups in total. The molecule has 0 aliphatic carbocycles. The van der Waals surface area contributed by atoms with Crippen LogP contribution >= 0.6 is 11.6 Å². The van der Waals surface area contributed by atoms with Crippen LogP contribution in [0.25, 0.3) is 10.9 Å². The molecule has 0 saturated carbocycles. The Morgan fingerprint density at radius 1 is 1.16 bits per heavy atom. The zero-order valence-electron chi connectivity index (χ0n) is 12.9. The molecule has 0 saturated heterocycles. The van der Waals surface area contributed by atoms with Crippen molar-refractivity contribution in [2.45, 2.75) is 0 Å². The van der Waals surface area contributed by atoms with Crippen molar-refractivity contribution in [3.63, 3.8) is 0 Å². The molecule has 0 spiro atoms. The highest BCUT2D eigenvalue weighted by molar-refractivity contribution is 6.33. The Hall–Kier alpha value is -3.25. The van der Waals surface area contributed by atoms with Crippen molar-refractivity contribution in [1.82, 2.24) is 10.2 Å². The summed E-state index contributed by atoms with van der Waals surface area (Å²) in [5.74, 6) is 0.186. The van der Waals surface area contributed by atoms with Crippen LogP contribution in [0.1, 0.15) is 10.4 Å². The third kappa shape index (κ3) is 3.07. The van der Waals surface area contributed by atoms with Gasteiger partial charge in [-0.15, -0.1) is 0 Å². The van der Waals surface area contributed by atoms with E-state index in [-0.39, 0.29) is 5.91 Å². The van der Waals surface area contributed by atoms with Crippen molar-refractivity contribution < 1.29 is 9.21 Å². The van der Waals surface area contributed by atoms with E-state index in [1.54, 1.807) is 6.07 Å². The van der Waals surface area contributed by atoms with Gasteiger partial charge in [0, 0.05) is 11.1 Å². The number of aromatic amines is 1. The van der Waals surface area contributed by atoms with Crippen LogP contribution in [0.15, 0.2) is 65.5 Å². The Labute approximate surface area is 147 Å². The molecular weight excluding hydrogens is 340 g/mol. The number of aromatic nitrogens is 2. The first-order chi connectivity index (χ1) is 12.2. The van der Waals surface area contributed by atoms with Gasteiger partial charge in [0.2, 0.25) is 0 Å². The zero-order valence-corrected chi connectivity index (χ0v) is 13.7. The number of H-pyrrole nitrogens is 1. The molecule has 0 aliphatic heterocycles. The van der Waals surface area contributed by atoms with Gasteiger partial charge in [-0.3, -0.25) is 9.89 Å². The Balaban J connectivity index is 1.59. The summed E-state index contributed by atoms with van der Waals surface area (Å²) in [4.78, 5) is 12.1. The number of furan rings is 1. The van der Waals surface area contributed by atoms with Gasteiger partial charge in [-0.1, -0.05) is 23.7 Å². The van der Waals surface area contributed by atoms with E-state index in [1.165, 1.54) is 12.5 Å². The average molecular weight is 353 g/mol. The normalized spacial score (nSPS) is 10.8. The maximum absolute atomic E-state index is 12.1. The highest BCUT2D eigenvalue weighted by Crippen LogP contribution is 2.28. The number of hydrogen-bond donors (Lipinski definition) is 3. The predicted octanol–water partition coefficient (Wildman–Crippen LogP) is 4.81. The van der Waals surface area contributed by atoms with Gasteiger partial charge in [-0.2, -0.15) is 5.10 Å². The van der Waals surface area contributed by atoms with E-state index in [4.69, 9.17) is 16.0 Å². The first kappa shape index (κ1) is 15.3. The predicted molar refractivity (Wildman–Crippen MR) is 97.5 cm³/mol. The van der Waals surface area contributed by atoms with Crippen LogP contribution in [0.3, 0.4) is 0 Å². The van der Waals surface area contributed by atoms with Crippen LogP contribution in [0, 0.1) is 0 Å². The Morgan fingerprint density at radius 2 is 2.04 bits per heavy atom. The first-order valence-electron chi connectivity index (χ1n) is 7.54. The summed E-state index contributed by atoms with van der Waals surface area (Å²) in [6, 6.07) is 14.8. The molecule has 0 atom stereocenters. The maximum atomic E-state index is 12.1. The summed E-state index contributed by atoms with van der Waals surface area (Å²) in [6.07, 6.45) is 2.83. The van der Waals surface area contributed by atoms with Crippen LogP contribution in [-0.2, 0) is 0 Å². The molecule has 0 fully saturated rings. The van der Waals surface area contributed by atoms with Crippen molar-refractivity contribution in [3.05, 3.63) is 71.6 Å². The summed E-state index contributed by atoms with van der Waals surface area (Å²) < 4.78 is 4.92. The van der Waals surface area contributed by atoms with Crippen molar-refractivity contribution in [2.75, 3.05) is 10.6 Å². The molecule has 2 aromatic carbocycles. The van der Waals surface area contributed by atoms with Gasteiger partial charge in [0.1, 0.15) is 6.26 Å². The number of nitrogens with zero attached hydrogens (tertiary/aromatic N) is 1. The van der Waals surface area contributed by atoms with E-state index in [2.05, 4.69) is 20.8 Å². The lowest BCUT2D eigenvalue weighted by Crippen LogP contribution is -2.11. The summed E-state index contributed by atoms with van der Waals surface area (Å²) in [6.45, 7) is 0. The summed E-state index contributed by atoms with van der Waals surface area (Å²) in [5, 5.41) is 14.6. The van der Waals surface area contributed by atoms with E-state index in [9.17, 15) is 4.79 Å². The van der Waals surface area contributed by atoms with Crippen LogP contribution in [-0.4, -0.2) is 16.1 Å².